The summed E-state index contributed by atoms with van der Waals surface area (Å²) in [6, 6.07) is 0.470. The van der Waals surface area contributed by atoms with Crippen molar-refractivity contribution in [3.63, 3.8) is 0 Å². The fourth-order valence-electron chi connectivity index (χ4n) is 2.29. The van der Waals surface area contributed by atoms with Crippen LogP contribution in [0.4, 0.5) is 0 Å². The van der Waals surface area contributed by atoms with Gasteiger partial charge in [0.05, 0.1) is 6.33 Å². The molecular weight excluding hydrogens is 224 g/mol. The SMILES string of the molecule is CC(C)C(CN)c1cncn1C(C)CCN(C)C. The molecule has 0 aliphatic carbocycles. The van der Waals surface area contributed by atoms with Crippen LogP contribution >= 0.6 is 0 Å². The Morgan fingerprint density at radius 1 is 1.33 bits per heavy atom. The smallest absolute Gasteiger partial charge is 0.0950 e. The van der Waals surface area contributed by atoms with Crippen molar-refractivity contribution < 1.29 is 0 Å². The molecule has 2 unspecified atom stereocenters. The minimum Gasteiger partial charge on any atom is -0.331 e. The molecule has 2 atom stereocenters. The Labute approximate surface area is 111 Å². The van der Waals surface area contributed by atoms with Crippen LogP contribution in [0.5, 0.6) is 0 Å². The van der Waals surface area contributed by atoms with E-state index in [0.29, 0.717) is 24.4 Å². The van der Waals surface area contributed by atoms with Crippen molar-refractivity contribution in [3.05, 3.63) is 18.2 Å². The molecule has 0 radical (unpaired) electrons. The lowest BCUT2D eigenvalue weighted by atomic mass is 9.92. The van der Waals surface area contributed by atoms with Gasteiger partial charge < -0.3 is 15.2 Å². The fraction of sp³-hybridized carbons (Fsp3) is 0.786. The second-order valence-electron chi connectivity index (χ2n) is 5.75. The Hall–Kier alpha value is -0.870. The van der Waals surface area contributed by atoms with Gasteiger partial charge in [-0.05, 0) is 39.9 Å². The Morgan fingerprint density at radius 2 is 2.00 bits per heavy atom. The number of aromatic nitrogens is 2. The Bertz CT molecular complexity index is 343. The van der Waals surface area contributed by atoms with Gasteiger partial charge in [0.2, 0.25) is 0 Å². The lowest BCUT2D eigenvalue weighted by molar-refractivity contribution is 0.348. The first-order chi connectivity index (χ1) is 8.47. The van der Waals surface area contributed by atoms with Gasteiger partial charge in [0.25, 0.3) is 0 Å². The van der Waals surface area contributed by atoms with Crippen molar-refractivity contribution in [1.29, 1.82) is 0 Å². The van der Waals surface area contributed by atoms with Gasteiger partial charge in [-0.25, -0.2) is 4.98 Å². The van der Waals surface area contributed by atoms with Crippen LogP contribution in [0.2, 0.25) is 0 Å². The highest BCUT2D eigenvalue weighted by Crippen LogP contribution is 2.26. The molecule has 0 amide bonds. The van der Waals surface area contributed by atoms with Crippen LogP contribution < -0.4 is 5.73 Å². The number of hydrogen-bond acceptors (Lipinski definition) is 3. The zero-order chi connectivity index (χ0) is 13.7. The number of hydrogen-bond donors (Lipinski definition) is 1. The highest BCUT2D eigenvalue weighted by atomic mass is 15.1. The lowest BCUT2D eigenvalue weighted by Gasteiger charge is -2.24. The van der Waals surface area contributed by atoms with Crippen LogP contribution in [0.3, 0.4) is 0 Å². The molecular formula is C14H28N4. The van der Waals surface area contributed by atoms with Crippen LogP contribution in [-0.4, -0.2) is 41.6 Å². The first kappa shape index (κ1) is 15.2. The van der Waals surface area contributed by atoms with Crippen molar-refractivity contribution in [2.75, 3.05) is 27.2 Å². The van der Waals surface area contributed by atoms with E-state index in [4.69, 9.17) is 5.73 Å². The Morgan fingerprint density at radius 3 is 2.50 bits per heavy atom. The van der Waals surface area contributed by atoms with Gasteiger partial charge in [-0.15, -0.1) is 0 Å². The molecule has 0 saturated carbocycles. The summed E-state index contributed by atoms with van der Waals surface area (Å²) in [5.41, 5.74) is 7.18. The third-order valence-corrected chi connectivity index (χ3v) is 3.60. The third-order valence-electron chi connectivity index (χ3n) is 3.60. The van der Waals surface area contributed by atoms with E-state index in [9.17, 15) is 0 Å². The standard InChI is InChI=1S/C14H28N4/c1-11(2)13(8-15)14-9-16-10-18(14)12(3)6-7-17(4)5/h9-13H,6-8,15H2,1-5H3. The molecule has 0 aliphatic rings. The number of imidazole rings is 1. The molecule has 1 rings (SSSR count). The molecule has 0 bridgehead atoms. The van der Waals surface area contributed by atoms with E-state index in [-0.39, 0.29) is 0 Å². The maximum Gasteiger partial charge on any atom is 0.0950 e. The first-order valence-electron chi connectivity index (χ1n) is 6.83. The largest absolute Gasteiger partial charge is 0.331 e. The summed E-state index contributed by atoms with van der Waals surface area (Å²) in [5, 5.41) is 0. The van der Waals surface area contributed by atoms with Gasteiger partial charge in [0.1, 0.15) is 0 Å². The van der Waals surface area contributed by atoms with Crippen LogP contribution in [0.1, 0.15) is 44.8 Å². The molecule has 0 fully saturated rings. The Balaban J connectivity index is 2.80. The predicted octanol–water partition coefficient (Wildman–Crippen LogP) is 2.09. The summed E-state index contributed by atoms with van der Waals surface area (Å²) < 4.78 is 2.29. The maximum absolute atomic E-state index is 5.91. The molecule has 1 aromatic heterocycles. The average Bonchev–Trinajstić information content (AvgIpc) is 2.75. The second-order valence-corrected chi connectivity index (χ2v) is 5.75. The van der Waals surface area contributed by atoms with E-state index in [0.717, 1.165) is 13.0 Å². The zero-order valence-corrected chi connectivity index (χ0v) is 12.4. The average molecular weight is 252 g/mol. The molecule has 104 valence electrons. The number of rotatable bonds is 7. The Kier molecular flexibility index (Phi) is 5.82. The predicted molar refractivity (Wildman–Crippen MR) is 76.7 cm³/mol. The van der Waals surface area contributed by atoms with E-state index in [1.165, 1.54) is 5.69 Å². The molecule has 1 aromatic rings. The molecule has 18 heavy (non-hydrogen) atoms. The van der Waals surface area contributed by atoms with Gasteiger partial charge in [-0.1, -0.05) is 13.8 Å². The van der Waals surface area contributed by atoms with Crippen molar-refractivity contribution in [2.24, 2.45) is 11.7 Å². The van der Waals surface area contributed by atoms with E-state index < -0.39 is 0 Å². The quantitative estimate of drug-likeness (QED) is 0.808. The number of nitrogens with zero attached hydrogens (tertiary/aromatic N) is 3. The van der Waals surface area contributed by atoms with E-state index in [1.807, 2.05) is 12.5 Å². The van der Waals surface area contributed by atoms with Gasteiger partial charge in [-0.3, -0.25) is 0 Å². The van der Waals surface area contributed by atoms with Crippen molar-refractivity contribution in [1.82, 2.24) is 14.5 Å². The maximum atomic E-state index is 5.91. The molecule has 4 nitrogen and oxygen atoms in total. The first-order valence-corrected chi connectivity index (χ1v) is 6.83. The van der Waals surface area contributed by atoms with Crippen LogP contribution in [-0.2, 0) is 0 Å². The molecule has 0 spiro atoms. The minimum absolute atomic E-state index is 0.398. The van der Waals surface area contributed by atoms with E-state index in [1.54, 1.807) is 0 Å². The summed E-state index contributed by atoms with van der Waals surface area (Å²) in [6.07, 6.45) is 5.05. The summed E-state index contributed by atoms with van der Waals surface area (Å²) >= 11 is 0. The minimum atomic E-state index is 0.398. The van der Waals surface area contributed by atoms with Crippen LogP contribution in [0.15, 0.2) is 12.5 Å². The van der Waals surface area contributed by atoms with Crippen molar-refractivity contribution in [2.45, 2.75) is 39.2 Å². The molecule has 0 aromatic carbocycles. The lowest BCUT2D eigenvalue weighted by Crippen LogP contribution is -2.23. The fourth-order valence-corrected chi connectivity index (χ4v) is 2.29. The van der Waals surface area contributed by atoms with Gasteiger partial charge >= 0.3 is 0 Å². The number of nitrogens with two attached hydrogens (primary N) is 1. The topological polar surface area (TPSA) is 47.1 Å². The van der Waals surface area contributed by atoms with Crippen molar-refractivity contribution in [3.8, 4) is 0 Å². The van der Waals surface area contributed by atoms with E-state index in [2.05, 4.69) is 49.3 Å². The summed E-state index contributed by atoms with van der Waals surface area (Å²) in [4.78, 5) is 6.53. The normalized spacial score (nSPS) is 15.3. The molecule has 1 heterocycles. The molecule has 4 heteroatoms. The molecule has 0 aliphatic heterocycles. The third kappa shape index (κ3) is 3.82. The van der Waals surface area contributed by atoms with Gasteiger partial charge in [0, 0.05) is 30.4 Å². The van der Waals surface area contributed by atoms with Gasteiger partial charge in [0.15, 0.2) is 0 Å². The summed E-state index contributed by atoms with van der Waals surface area (Å²) in [5.74, 6) is 0.945. The summed E-state index contributed by atoms with van der Waals surface area (Å²) in [6.45, 7) is 8.47. The highest BCUT2D eigenvalue weighted by Gasteiger charge is 2.20. The second kappa shape index (κ2) is 6.90. The summed E-state index contributed by atoms with van der Waals surface area (Å²) in [7, 11) is 4.22. The monoisotopic (exact) mass is 252 g/mol. The zero-order valence-electron chi connectivity index (χ0n) is 12.4. The van der Waals surface area contributed by atoms with E-state index >= 15 is 0 Å². The van der Waals surface area contributed by atoms with Crippen molar-refractivity contribution >= 4 is 0 Å². The van der Waals surface area contributed by atoms with Crippen LogP contribution in [0, 0.1) is 5.92 Å². The molecule has 0 saturated heterocycles. The van der Waals surface area contributed by atoms with Crippen LogP contribution in [0.25, 0.3) is 0 Å². The molecule has 2 N–H and O–H groups in total. The highest BCUT2D eigenvalue weighted by molar-refractivity contribution is 5.09. The van der Waals surface area contributed by atoms with Gasteiger partial charge in [-0.2, -0.15) is 0 Å².